The largest absolute Gasteiger partial charge is 0.480 e. The Kier molecular flexibility index (Phi) is 5.60. The molecule has 0 aromatic rings. The normalized spacial score (nSPS) is 24.4. The maximum Gasteiger partial charge on any atom is 0.323 e. The van der Waals surface area contributed by atoms with Crippen molar-refractivity contribution in [3.63, 3.8) is 0 Å². The Morgan fingerprint density at radius 2 is 2.17 bits per heavy atom. The second kappa shape index (κ2) is 6.53. The van der Waals surface area contributed by atoms with Crippen molar-refractivity contribution in [1.29, 1.82) is 0 Å². The monoisotopic (exact) mass is 256 g/mol. The van der Waals surface area contributed by atoms with Crippen molar-refractivity contribution in [3.8, 4) is 0 Å². The predicted octanol–water partition coefficient (Wildman–Crippen LogP) is 2.08. The molecule has 4 nitrogen and oxygen atoms in total. The standard InChI is InChI=1S/C14H28N2O2/c1-11(2)12-7-6-10-16(12)9-5-4-8-14(3,15)13(17)18/h11-12H,4-10,15H2,1-3H3,(H,17,18). The van der Waals surface area contributed by atoms with E-state index in [2.05, 4.69) is 18.7 Å². The van der Waals surface area contributed by atoms with Crippen LogP contribution < -0.4 is 5.73 Å². The molecule has 1 fully saturated rings. The third-order valence-electron chi connectivity index (χ3n) is 4.06. The molecule has 18 heavy (non-hydrogen) atoms. The summed E-state index contributed by atoms with van der Waals surface area (Å²) in [6.07, 6.45) is 5.10. The maximum absolute atomic E-state index is 10.9. The average molecular weight is 256 g/mol. The van der Waals surface area contributed by atoms with Crippen molar-refractivity contribution in [3.05, 3.63) is 0 Å². The smallest absolute Gasteiger partial charge is 0.323 e. The molecule has 1 aliphatic heterocycles. The van der Waals surface area contributed by atoms with Crippen molar-refractivity contribution in [2.45, 2.75) is 64.5 Å². The number of likely N-dealkylation sites (tertiary alicyclic amines) is 1. The summed E-state index contributed by atoms with van der Waals surface area (Å²) in [5.41, 5.74) is 4.65. The molecule has 1 saturated heterocycles. The highest BCUT2D eigenvalue weighted by atomic mass is 16.4. The molecule has 0 saturated carbocycles. The molecule has 0 aromatic heterocycles. The van der Waals surface area contributed by atoms with Crippen molar-refractivity contribution in [1.82, 2.24) is 4.90 Å². The lowest BCUT2D eigenvalue weighted by Gasteiger charge is -2.28. The van der Waals surface area contributed by atoms with Crippen LogP contribution in [0.15, 0.2) is 0 Å². The van der Waals surface area contributed by atoms with Gasteiger partial charge in [-0.1, -0.05) is 13.8 Å². The first-order valence-electron chi connectivity index (χ1n) is 7.11. The van der Waals surface area contributed by atoms with Crippen LogP contribution in [0.1, 0.15) is 52.9 Å². The number of carbonyl (C=O) groups is 1. The molecule has 0 radical (unpaired) electrons. The van der Waals surface area contributed by atoms with Gasteiger partial charge in [0.1, 0.15) is 5.54 Å². The van der Waals surface area contributed by atoms with Crippen LogP contribution in [0.5, 0.6) is 0 Å². The topological polar surface area (TPSA) is 66.6 Å². The van der Waals surface area contributed by atoms with E-state index in [1.54, 1.807) is 6.92 Å². The molecule has 1 aliphatic rings. The SMILES string of the molecule is CC(C)C1CCCN1CCCCC(C)(N)C(=O)O. The number of hydrogen-bond donors (Lipinski definition) is 2. The minimum atomic E-state index is -1.07. The molecular formula is C14H28N2O2. The van der Waals surface area contributed by atoms with Gasteiger partial charge in [0.2, 0.25) is 0 Å². The van der Waals surface area contributed by atoms with Crippen LogP contribution in [-0.4, -0.2) is 40.6 Å². The van der Waals surface area contributed by atoms with Gasteiger partial charge < -0.3 is 15.7 Å². The number of rotatable bonds is 7. The first kappa shape index (κ1) is 15.4. The molecule has 0 bridgehead atoms. The predicted molar refractivity (Wildman–Crippen MR) is 73.5 cm³/mol. The van der Waals surface area contributed by atoms with Crippen molar-refractivity contribution in [2.75, 3.05) is 13.1 Å². The van der Waals surface area contributed by atoms with Gasteiger partial charge in [-0.3, -0.25) is 4.79 Å². The van der Waals surface area contributed by atoms with Gasteiger partial charge in [0, 0.05) is 6.04 Å². The number of hydrogen-bond acceptors (Lipinski definition) is 3. The number of aliphatic carboxylic acids is 1. The lowest BCUT2D eigenvalue weighted by atomic mass is 9.96. The van der Waals surface area contributed by atoms with Crippen LogP contribution in [0.4, 0.5) is 0 Å². The molecular weight excluding hydrogens is 228 g/mol. The van der Waals surface area contributed by atoms with Gasteiger partial charge in [-0.15, -0.1) is 0 Å². The quantitative estimate of drug-likeness (QED) is 0.684. The van der Waals surface area contributed by atoms with Crippen molar-refractivity contribution < 1.29 is 9.90 Å². The maximum atomic E-state index is 10.9. The molecule has 1 rings (SSSR count). The van der Waals surface area contributed by atoms with Gasteiger partial charge >= 0.3 is 5.97 Å². The van der Waals surface area contributed by atoms with Crippen LogP contribution in [0, 0.1) is 5.92 Å². The second-order valence-corrected chi connectivity index (χ2v) is 6.17. The third kappa shape index (κ3) is 4.25. The van der Waals surface area contributed by atoms with Crippen molar-refractivity contribution >= 4 is 5.97 Å². The fourth-order valence-corrected chi connectivity index (χ4v) is 2.80. The summed E-state index contributed by atoms with van der Waals surface area (Å²) in [5.74, 6) is -0.185. The van der Waals surface area contributed by atoms with Gasteiger partial charge in [-0.25, -0.2) is 0 Å². The van der Waals surface area contributed by atoms with E-state index in [1.165, 1.54) is 19.4 Å². The molecule has 2 unspecified atom stereocenters. The average Bonchev–Trinajstić information content (AvgIpc) is 2.72. The molecule has 106 valence electrons. The number of nitrogens with zero attached hydrogens (tertiary/aromatic N) is 1. The highest BCUT2D eigenvalue weighted by molar-refractivity contribution is 5.77. The Hall–Kier alpha value is -0.610. The molecule has 1 heterocycles. The molecule has 0 spiro atoms. The van der Waals surface area contributed by atoms with Gasteiger partial charge in [-0.05, 0) is 58.0 Å². The minimum Gasteiger partial charge on any atom is -0.480 e. The lowest BCUT2D eigenvalue weighted by molar-refractivity contribution is -0.142. The zero-order valence-corrected chi connectivity index (χ0v) is 12.0. The summed E-state index contributed by atoms with van der Waals surface area (Å²) >= 11 is 0. The highest BCUT2D eigenvalue weighted by Gasteiger charge is 2.28. The fourth-order valence-electron chi connectivity index (χ4n) is 2.80. The Labute approximate surface area is 111 Å². The molecule has 0 aliphatic carbocycles. The summed E-state index contributed by atoms with van der Waals surface area (Å²) in [4.78, 5) is 13.4. The van der Waals surface area contributed by atoms with E-state index in [0.29, 0.717) is 18.4 Å². The van der Waals surface area contributed by atoms with Crippen LogP contribution in [0.25, 0.3) is 0 Å². The third-order valence-corrected chi connectivity index (χ3v) is 4.06. The van der Waals surface area contributed by atoms with E-state index in [-0.39, 0.29) is 0 Å². The van der Waals surface area contributed by atoms with Gasteiger partial charge in [0.05, 0.1) is 0 Å². The number of carboxylic acids is 1. The van der Waals surface area contributed by atoms with E-state index in [4.69, 9.17) is 10.8 Å². The number of nitrogens with two attached hydrogens (primary N) is 1. The van der Waals surface area contributed by atoms with Crippen molar-refractivity contribution in [2.24, 2.45) is 11.7 Å². The summed E-state index contributed by atoms with van der Waals surface area (Å²) in [6, 6.07) is 0.716. The Bertz CT molecular complexity index is 277. The highest BCUT2D eigenvalue weighted by Crippen LogP contribution is 2.24. The summed E-state index contributed by atoms with van der Waals surface area (Å²) in [6.45, 7) is 8.44. The van der Waals surface area contributed by atoms with Crippen LogP contribution >= 0.6 is 0 Å². The lowest BCUT2D eigenvalue weighted by Crippen LogP contribution is -2.44. The van der Waals surface area contributed by atoms with Crippen LogP contribution in [0.2, 0.25) is 0 Å². The fraction of sp³-hybridized carbons (Fsp3) is 0.929. The molecule has 0 amide bonds. The van der Waals surface area contributed by atoms with Crippen LogP contribution in [-0.2, 0) is 4.79 Å². The van der Waals surface area contributed by atoms with E-state index < -0.39 is 11.5 Å². The zero-order chi connectivity index (χ0) is 13.8. The summed E-state index contributed by atoms with van der Waals surface area (Å²) < 4.78 is 0. The van der Waals surface area contributed by atoms with Gasteiger partial charge in [0.25, 0.3) is 0 Å². The minimum absolute atomic E-state index is 0.558. The Morgan fingerprint density at radius 3 is 2.72 bits per heavy atom. The number of unbranched alkanes of at least 4 members (excludes halogenated alkanes) is 1. The van der Waals surface area contributed by atoms with Crippen LogP contribution in [0.3, 0.4) is 0 Å². The second-order valence-electron chi connectivity index (χ2n) is 6.17. The van der Waals surface area contributed by atoms with E-state index >= 15 is 0 Å². The molecule has 3 N–H and O–H groups in total. The first-order chi connectivity index (χ1) is 8.34. The van der Waals surface area contributed by atoms with Gasteiger partial charge in [0.15, 0.2) is 0 Å². The molecule has 0 aromatic carbocycles. The van der Waals surface area contributed by atoms with E-state index in [0.717, 1.165) is 19.4 Å². The summed E-state index contributed by atoms with van der Waals surface area (Å²) in [7, 11) is 0. The number of carboxylic acid groups (broad SMARTS) is 1. The molecule has 4 heteroatoms. The molecule has 2 atom stereocenters. The Morgan fingerprint density at radius 1 is 1.50 bits per heavy atom. The first-order valence-corrected chi connectivity index (χ1v) is 7.11. The summed E-state index contributed by atoms with van der Waals surface area (Å²) in [5, 5.41) is 8.93. The van der Waals surface area contributed by atoms with Gasteiger partial charge in [-0.2, -0.15) is 0 Å². The Balaban J connectivity index is 2.24. The van der Waals surface area contributed by atoms with E-state index in [1.807, 2.05) is 0 Å². The zero-order valence-electron chi connectivity index (χ0n) is 12.0. The van der Waals surface area contributed by atoms with E-state index in [9.17, 15) is 4.79 Å².